The summed E-state index contributed by atoms with van der Waals surface area (Å²) in [7, 11) is 0. The van der Waals surface area contributed by atoms with Crippen molar-refractivity contribution in [3.8, 4) is 0 Å². The first kappa shape index (κ1) is 9.81. The molecule has 0 saturated carbocycles. The molecule has 1 aromatic carbocycles. The Hall–Kier alpha value is -0.730. The Labute approximate surface area is 92.2 Å². The summed E-state index contributed by atoms with van der Waals surface area (Å²) in [6.45, 7) is 0.778. The summed E-state index contributed by atoms with van der Waals surface area (Å²) in [5.74, 6) is 0.106. The van der Waals surface area contributed by atoms with E-state index in [9.17, 15) is 4.79 Å². The molecule has 1 aliphatic rings. The van der Waals surface area contributed by atoms with Crippen LogP contribution in [-0.2, 0) is 0 Å². The van der Waals surface area contributed by atoms with Crippen molar-refractivity contribution in [3.05, 3.63) is 27.7 Å². The van der Waals surface area contributed by atoms with Gasteiger partial charge in [-0.05, 0) is 18.6 Å². The quantitative estimate of drug-likeness (QED) is 0.740. The summed E-state index contributed by atoms with van der Waals surface area (Å²) in [4.78, 5) is 11.7. The summed E-state index contributed by atoms with van der Waals surface area (Å²) >= 11 is 11.8. The van der Waals surface area contributed by atoms with Gasteiger partial charge in [0.1, 0.15) is 0 Å². The van der Waals surface area contributed by atoms with Gasteiger partial charge in [0.2, 0.25) is 0 Å². The van der Waals surface area contributed by atoms with Crippen LogP contribution < -0.4 is 5.32 Å². The van der Waals surface area contributed by atoms with Gasteiger partial charge in [0.05, 0.1) is 10.7 Å². The van der Waals surface area contributed by atoms with Gasteiger partial charge in [0.25, 0.3) is 0 Å². The number of carbonyl (C=O) groups excluding carboxylic acids is 1. The lowest BCUT2D eigenvalue weighted by Gasteiger charge is -2.08. The van der Waals surface area contributed by atoms with Gasteiger partial charge >= 0.3 is 0 Å². The van der Waals surface area contributed by atoms with E-state index in [0.29, 0.717) is 22.0 Å². The number of benzene rings is 1. The number of nitrogens with one attached hydrogen (secondary N) is 1. The minimum Gasteiger partial charge on any atom is -0.383 e. The van der Waals surface area contributed by atoms with E-state index in [1.54, 1.807) is 12.1 Å². The lowest BCUT2D eigenvalue weighted by molar-refractivity contribution is 0.0984. The second-order valence-electron chi connectivity index (χ2n) is 3.26. The van der Waals surface area contributed by atoms with Crippen molar-refractivity contribution in [2.45, 2.75) is 12.8 Å². The van der Waals surface area contributed by atoms with Gasteiger partial charge in [-0.25, -0.2) is 0 Å². The highest BCUT2D eigenvalue weighted by Crippen LogP contribution is 2.32. The van der Waals surface area contributed by atoms with Crippen LogP contribution in [0.3, 0.4) is 0 Å². The summed E-state index contributed by atoms with van der Waals surface area (Å²) < 4.78 is 0. The summed E-state index contributed by atoms with van der Waals surface area (Å²) in [6.07, 6.45) is 1.39. The Morgan fingerprint density at radius 3 is 2.86 bits per heavy atom. The number of fused-ring (bicyclic) bond motifs is 1. The average Bonchev–Trinajstić information content (AvgIpc) is 2.29. The zero-order valence-corrected chi connectivity index (χ0v) is 8.95. The molecule has 0 radical (unpaired) electrons. The maximum atomic E-state index is 11.7. The molecular formula is C10H9Cl2NO. The predicted molar refractivity (Wildman–Crippen MR) is 58.5 cm³/mol. The number of anilines is 1. The lowest BCUT2D eigenvalue weighted by atomic mass is 10.1. The zero-order valence-electron chi connectivity index (χ0n) is 7.44. The molecule has 0 bridgehead atoms. The fourth-order valence-corrected chi connectivity index (χ4v) is 2.13. The Bertz CT molecular complexity index is 390. The fraction of sp³-hybridized carbons (Fsp3) is 0.300. The first-order valence-corrected chi connectivity index (χ1v) is 5.20. The maximum absolute atomic E-state index is 11.7. The number of Topliss-reactive ketones (excluding diaryl/α,β-unsaturated/α-hetero) is 1. The van der Waals surface area contributed by atoms with Gasteiger partial charge in [-0.2, -0.15) is 0 Å². The van der Waals surface area contributed by atoms with Gasteiger partial charge in [0.15, 0.2) is 5.78 Å². The number of rotatable bonds is 0. The molecule has 0 aliphatic carbocycles. The normalized spacial score (nSPS) is 15.7. The van der Waals surface area contributed by atoms with E-state index in [1.165, 1.54) is 0 Å². The Morgan fingerprint density at radius 2 is 2.07 bits per heavy atom. The molecule has 14 heavy (non-hydrogen) atoms. The number of halogens is 2. The monoisotopic (exact) mass is 229 g/mol. The molecule has 2 rings (SSSR count). The Balaban J connectivity index is 2.58. The molecule has 1 N–H and O–H groups in total. The molecule has 0 atom stereocenters. The van der Waals surface area contributed by atoms with Crippen molar-refractivity contribution >= 4 is 34.7 Å². The van der Waals surface area contributed by atoms with Gasteiger partial charge < -0.3 is 5.32 Å². The third-order valence-electron chi connectivity index (χ3n) is 2.24. The van der Waals surface area contributed by atoms with Crippen molar-refractivity contribution in [1.29, 1.82) is 0 Å². The topological polar surface area (TPSA) is 29.1 Å². The third-order valence-corrected chi connectivity index (χ3v) is 2.75. The highest BCUT2D eigenvalue weighted by atomic mass is 35.5. The van der Waals surface area contributed by atoms with Crippen molar-refractivity contribution in [3.63, 3.8) is 0 Å². The predicted octanol–water partition coefficient (Wildman–Crippen LogP) is 3.38. The highest BCUT2D eigenvalue weighted by molar-refractivity contribution is 6.37. The second-order valence-corrected chi connectivity index (χ2v) is 4.11. The van der Waals surface area contributed by atoms with E-state index in [0.717, 1.165) is 18.7 Å². The lowest BCUT2D eigenvalue weighted by Crippen LogP contribution is -2.01. The van der Waals surface area contributed by atoms with Crippen molar-refractivity contribution in [1.82, 2.24) is 0 Å². The molecular weight excluding hydrogens is 221 g/mol. The van der Waals surface area contributed by atoms with Crippen molar-refractivity contribution < 1.29 is 4.79 Å². The Kier molecular flexibility index (Phi) is 2.66. The van der Waals surface area contributed by atoms with Gasteiger partial charge in [0, 0.05) is 23.6 Å². The molecule has 0 fully saturated rings. The SMILES string of the molecule is O=C1CCCNc2c(Cl)cc(Cl)cc21. The molecule has 1 aromatic rings. The number of carbonyl (C=O) groups is 1. The first-order valence-electron chi connectivity index (χ1n) is 4.44. The van der Waals surface area contributed by atoms with Crippen LogP contribution in [0.15, 0.2) is 12.1 Å². The van der Waals surface area contributed by atoms with Gasteiger partial charge in [-0.1, -0.05) is 23.2 Å². The maximum Gasteiger partial charge on any atom is 0.165 e. The van der Waals surface area contributed by atoms with Gasteiger partial charge in [-0.15, -0.1) is 0 Å². The third kappa shape index (κ3) is 1.72. The van der Waals surface area contributed by atoms with E-state index in [1.807, 2.05) is 0 Å². The van der Waals surface area contributed by atoms with E-state index in [2.05, 4.69) is 5.32 Å². The summed E-state index contributed by atoms with van der Waals surface area (Å²) in [6, 6.07) is 3.32. The fourth-order valence-electron chi connectivity index (χ4n) is 1.57. The van der Waals surface area contributed by atoms with Crippen LogP contribution in [-0.4, -0.2) is 12.3 Å². The number of hydrogen-bond acceptors (Lipinski definition) is 2. The van der Waals surface area contributed by atoms with E-state index < -0.39 is 0 Å². The average molecular weight is 230 g/mol. The smallest absolute Gasteiger partial charge is 0.165 e. The van der Waals surface area contributed by atoms with Crippen LogP contribution in [0.25, 0.3) is 0 Å². The molecule has 0 amide bonds. The molecule has 1 aliphatic heterocycles. The minimum absolute atomic E-state index is 0.106. The highest BCUT2D eigenvalue weighted by Gasteiger charge is 2.18. The number of ketones is 1. The molecule has 0 unspecified atom stereocenters. The first-order chi connectivity index (χ1) is 6.68. The molecule has 74 valence electrons. The zero-order chi connectivity index (χ0) is 10.1. The van der Waals surface area contributed by atoms with E-state index >= 15 is 0 Å². The van der Waals surface area contributed by atoms with Crippen LogP contribution in [0.1, 0.15) is 23.2 Å². The molecule has 0 spiro atoms. The molecule has 2 nitrogen and oxygen atoms in total. The summed E-state index contributed by atoms with van der Waals surface area (Å²) in [5.41, 5.74) is 1.33. The number of hydrogen-bond donors (Lipinski definition) is 1. The van der Waals surface area contributed by atoms with E-state index in [4.69, 9.17) is 23.2 Å². The molecule has 1 heterocycles. The molecule has 0 saturated heterocycles. The van der Waals surface area contributed by atoms with Crippen LogP contribution in [0, 0.1) is 0 Å². The molecule has 0 aromatic heterocycles. The summed E-state index contributed by atoms with van der Waals surface area (Å²) in [5, 5.41) is 4.16. The van der Waals surface area contributed by atoms with Crippen molar-refractivity contribution in [2.24, 2.45) is 0 Å². The second kappa shape index (κ2) is 3.79. The minimum atomic E-state index is 0.106. The van der Waals surface area contributed by atoms with E-state index in [-0.39, 0.29) is 5.78 Å². The Morgan fingerprint density at radius 1 is 1.29 bits per heavy atom. The van der Waals surface area contributed by atoms with Crippen LogP contribution in [0.2, 0.25) is 10.0 Å². The standard InChI is InChI=1S/C10H9Cl2NO/c11-6-4-7-9(14)2-1-3-13-10(7)8(12)5-6/h4-5,13H,1-3H2. The van der Waals surface area contributed by atoms with Crippen LogP contribution in [0.5, 0.6) is 0 Å². The van der Waals surface area contributed by atoms with Gasteiger partial charge in [-0.3, -0.25) is 4.79 Å². The molecule has 4 heteroatoms. The van der Waals surface area contributed by atoms with Crippen LogP contribution in [0.4, 0.5) is 5.69 Å². The largest absolute Gasteiger partial charge is 0.383 e. The van der Waals surface area contributed by atoms with Crippen LogP contribution >= 0.6 is 23.2 Å². The van der Waals surface area contributed by atoms with Crippen molar-refractivity contribution in [2.75, 3.05) is 11.9 Å².